The monoisotopic (exact) mass is 544 g/mol. The third-order valence-electron chi connectivity index (χ3n) is 8.12. The Morgan fingerprint density at radius 2 is 1.85 bits per heavy atom. The van der Waals surface area contributed by atoms with Crippen molar-refractivity contribution in [2.45, 2.75) is 50.8 Å². The molecule has 3 heterocycles. The number of nitrogens with one attached hydrogen (secondary N) is 1. The van der Waals surface area contributed by atoms with Crippen LogP contribution in [0.5, 0.6) is 0 Å². The van der Waals surface area contributed by atoms with Crippen LogP contribution in [0.3, 0.4) is 0 Å². The van der Waals surface area contributed by atoms with Gasteiger partial charge in [-0.25, -0.2) is 0 Å². The Morgan fingerprint density at radius 3 is 2.55 bits per heavy atom. The number of aliphatic hydroxyl groups excluding tert-OH is 1. The predicted octanol–water partition coefficient (Wildman–Crippen LogP) is 3.72. The Kier molecular flexibility index (Phi) is 8.94. The molecule has 2 fully saturated rings. The van der Waals surface area contributed by atoms with Crippen LogP contribution in [0.4, 0.5) is 11.4 Å². The highest BCUT2D eigenvalue weighted by molar-refractivity contribution is 6.06. The molecular weight excluding hydrogens is 504 g/mol. The number of piperidine rings is 1. The number of carbonyl (C=O) groups excluding carboxylic acids is 1. The lowest BCUT2D eigenvalue weighted by Gasteiger charge is -2.39. The summed E-state index contributed by atoms with van der Waals surface area (Å²) in [6.45, 7) is 5.18. The first-order valence-electron chi connectivity index (χ1n) is 14.2. The summed E-state index contributed by atoms with van der Waals surface area (Å²) in [4.78, 5) is 18.2. The Hall–Kier alpha value is -3.53. The maximum Gasteiger partial charge on any atom is 0.254 e. The van der Waals surface area contributed by atoms with E-state index in [-0.39, 0.29) is 24.5 Å². The van der Waals surface area contributed by atoms with Crippen LogP contribution in [0.2, 0.25) is 0 Å². The fourth-order valence-corrected chi connectivity index (χ4v) is 5.96. The first-order valence-corrected chi connectivity index (χ1v) is 14.2. The lowest BCUT2D eigenvalue weighted by Crippen LogP contribution is -2.55. The van der Waals surface area contributed by atoms with Crippen molar-refractivity contribution in [3.63, 3.8) is 0 Å². The van der Waals surface area contributed by atoms with Gasteiger partial charge in [-0.1, -0.05) is 54.6 Å². The molecule has 1 aromatic heterocycles. The van der Waals surface area contributed by atoms with E-state index in [2.05, 4.69) is 63.9 Å². The van der Waals surface area contributed by atoms with Crippen LogP contribution in [0.1, 0.15) is 43.5 Å². The van der Waals surface area contributed by atoms with Gasteiger partial charge in [-0.15, -0.1) is 5.10 Å². The third kappa shape index (κ3) is 5.82. The molecule has 9 heteroatoms. The van der Waals surface area contributed by atoms with Crippen molar-refractivity contribution in [3.8, 4) is 0 Å². The van der Waals surface area contributed by atoms with E-state index in [1.54, 1.807) is 11.8 Å². The normalized spacial score (nSPS) is 18.6. The van der Waals surface area contributed by atoms with Crippen molar-refractivity contribution in [3.05, 3.63) is 84.2 Å². The fraction of sp³-hybridized carbons (Fsp3) is 0.452. The van der Waals surface area contributed by atoms with E-state index in [1.807, 2.05) is 41.4 Å². The number of hydrogen-bond acceptors (Lipinski definition) is 7. The number of aromatic nitrogens is 3. The Labute approximate surface area is 236 Å². The van der Waals surface area contributed by atoms with E-state index in [1.165, 1.54) is 0 Å². The van der Waals surface area contributed by atoms with Crippen molar-refractivity contribution in [2.75, 3.05) is 43.3 Å². The number of amides is 1. The van der Waals surface area contributed by atoms with Crippen LogP contribution in [-0.2, 0) is 22.5 Å². The quantitative estimate of drug-likeness (QED) is 0.355. The molecule has 2 aliphatic rings. The zero-order valence-corrected chi connectivity index (χ0v) is 23.4. The average Bonchev–Trinajstić information content (AvgIpc) is 3.55. The molecule has 212 valence electrons. The van der Waals surface area contributed by atoms with Gasteiger partial charge < -0.3 is 20.1 Å². The number of benzene rings is 2. The molecule has 1 spiro atoms. The number of allylic oxidation sites excluding steroid dienone is 1. The zero-order chi connectivity index (χ0) is 28.0. The van der Waals surface area contributed by atoms with E-state index in [0.29, 0.717) is 13.1 Å². The molecule has 2 atom stereocenters. The van der Waals surface area contributed by atoms with E-state index in [4.69, 9.17) is 9.84 Å². The van der Waals surface area contributed by atoms with Crippen molar-refractivity contribution in [1.82, 2.24) is 20.3 Å². The van der Waals surface area contributed by atoms with Crippen molar-refractivity contribution in [1.29, 1.82) is 0 Å². The van der Waals surface area contributed by atoms with Gasteiger partial charge in [-0.05, 0) is 62.2 Å². The smallest absolute Gasteiger partial charge is 0.254 e. The van der Waals surface area contributed by atoms with Crippen LogP contribution in [-0.4, -0.2) is 65.0 Å². The first-order chi connectivity index (χ1) is 19.6. The van der Waals surface area contributed by atoms with E-state index >= 15 is 0 Å². The average molecular weight is 545 g/mol. The zero-order valence-electron chi connectivity index (χ0n) is 23.4. The first kappa shape index (κ1) is 28.0. The number of para-hydroxylation sites is 1. The van der Waals surface area contributed by atoms with Gasteiger partial charge in [0.05, 0.1) is 18.5 Å². The number of rotatable bonds is 11. The molecule has 0 bridgehead atoms. The Morgan fingerprint density at radius 1 is 1.10 bits per heavy atom. The third-order valence-corrected chi connectivity index (χ3v) is 8.12. The van der Waals surface area contributed by atoms with Crippen molar-refractivity contribution < 1.29 is 14.6 Å². The number of aliphatic hydroxyl groups is 1. The molecule has 0 aliphatic carbocycles. The molecule has 40 heavy (non-hydrogen) atoms. The number of aryl methyl sites for hydroxylation is 1. The van der Waals surface area contributed by atoms with E-state index < -0.39 is 5.54 Å². The number of nitrogens with zero attached hydrogens (tertiary/aromatic N) is 5. The molecule has 2 aromatic carbocycles. The molecule has 1 amide bonds. The second-order valence-electron chi connectivity index (χ2n) is 10.7. The molecule has 5 rings (SSSR count). The molecule has 3 aromatic rings. The van der Waals surface area contributed by atoms with Gasteiger partial charge in [0.25, 0.3) is 5.91 Å². The van der Waals surface area contributed by atoms with Gasteiger partial charge in [0.2, 0.25) is 0 Å². The second-order valence-corrected chi connectivity index (χ2v) is 10.7. The molecule has 0 unspecified atom stereocenters. The van der Waals surface area contributed by atoms with E-state index in [0.717, 1.165) is 61.5 Å². The Bertz CT molecular complexity index is 1270. The van der Waals surface area contributed by atoms with Crippen LogP contribution >= 0.6 is 0 Å². The summed E-state index contributed by atoms with van der Waals surface area (Å²) in [5, 5.41) is 20.6. The minimum absolute atomic E-state index is 0.0778. The van der Waals surface area contributed by atoms with Gasteiger partial charge in [-0.2, -0.15) is 0 Å². The summed E-state index contributed by atoms with van der Waals surface area (Å²) < 4.78 is 7.70. The lowest BCUT2D eigenvalue weighted by molar-refractivity contribution is -0.122. The molecule has 9 nitrogen and oxygen atoms in total. The number of methoxy groups -OCH3 is 1. The maximum atomic E-state index is 13.9. The van der Waals surface area contributed by atoms with Gasteiger partial charge in [-0.3, -0.25) is 14.4 Å². The Balaban J connectivity index is 1.25. The van der Waals surface area contributed by atoms with Gasteiger partial charge in [0.15, 0.2) is 0 Å². The summed E-state index contributed by atoms with van der Waals surface area (Å²) >= 11 is 0. The summed E-state index contributed by atoms with van der Waals surface area (Å²) in [5.74, 6) is 0.345. The highest BCUT2D eigenvalue weighted by Crippen LogP contribution is 2.40. The fourth-order valence-electron chi connectivity index (χ4n) is 5.96. The largest absolute Gasteiger partial charge is 0.396 e. The van der Waals surface area contributed by atoms with Gasteiger partial charge in [0, 0.05) is 50.2 Å². The molecule has 2 saturated heterocycles. The minimum atomic E-state index is -0.508. The molecule has 2 N–H and O–H groups in total. The summed E-state index contributed by atoms with van der Waals surface area (Å²) in [5.41, 5.74) is 3.38. The topological polar surface area (TPSA) is 95.8 Å². The number of ether oxygens (including phenoxy) is 1. The van der Waals surface area contributed by atoms with Crippen molar-refractivity contribution in [2.24, 2.45) is 5.92 Å². The van der Waals surface area contributed by atoms with Crippen LogP contribution in [0, 0.1) is 5.92 Å². The second kappa shape index (κ2) is 12.8. The summed E-state index contributed by atoms with van der Waals surface area (Å²) in [7, 11) is 1.74. The van der Waals surface area contributed by atoms with Crippen LogP contribution < -0.4 is 15.1 Å². The lowest BCUT2D eigenvalue weighted by atomic mass is 9.86. The minimum Gasteiger partial charge on any atom is -0.396 e. The molecule has 2 aliphatic heterocycles. The van der Waals surface area contributed by atoms with Gasteiger partial charge >= 0.3 is 0 Å². The standard InChI is InChI=1S/C31H40N6O3/c1-24(8-6-7-20-35-22-26(15-21-38)33-34-35)29(40-2)25-11-13-27(14-12-25)36-23-37(28-9-4-3-5-10-28)31(30(36)39)16-18-32-19-17-31/h3-6,8-14,22,24,29,32,38H,7,15-21,23H2,1-2H3/b8-6+/t24-,29+/m0/s1. The highest BCUT2D eigenvalue weighted by atomic mass is 16.5. The van der Waals surface area contributed by atoms with Gasteiger partial charge in [0.1, 0.15) is 5.54 Å². The summed E-state index contributed by atoms with van der Waals surface area (Å²) in [6, 6.07) is 18.6. The number of anilines is 2. The molecular formula is C31H40N6O3. The van der Waals surface area contributed by atoms with Crippen molar-refractivity contribution >= 4 is 17.3 Å². The molecule has 0 radical (unpaired) electrons. The molecule has 0 saturated carbocycles. The van der Waals surface area contributed by atoms with Crippen LogP contribution in [0.25, 0.3) is 0 Å². The number of hydrogen-bond donors (Lipinski definition) is 2. The maximum absolute atomic E-state index is 13.9. The highest BCUT2D eigenvalue weighted by Gasteiger charge is 2.53. The SMILES string of the molecule is CO[C@@H](c1ccc(N2CN(c3ccccc3)C3(CCNCC3)C2=O)cc1)[C@@H](C)/C=C/CCn1cc(CCO)nn1. The number of carbonyl (C=O) groups is 1. The van der Waals surface area contributed by atoms with Crippen LogP contribution in [0.15, 0.2) is 72.9 Å². The summed E-state index contributed by atoms with van der Waals surface area (Å²) in [6.07, 6.45) is 9.05. The van der Waals surface area contributed by atoms with E-state index in [9.17, 15) is 4.79 Å². The predicted molar refractivity (Wildman–Crippen MR) is 156 cm³/mol.